The van der Waals surface area contributed by atoms with Gasteiger partial charge in [-0.3, -0.25) is 0 Å². The van der Waals surface area contributed by atoms with Gasteiger partial charge in [0.05, 0.1) is 11.9 Å². The van der Waals surface area contributed by atoms with Crippen LogP contribution in [0.25, 0.3) is 0 Å². The van der Waals surface area contributed by atoms with Gasteiger partial charge in [0.25, 0.3) is 0 Å². The molecule has 104 valence electrons. The fourth-order valence-electron chi connectivity index (χ4n) is 1.98. The zero-order valence-corrected chi connectivity index (χ0v) is 12.3. The SMILES string of the molecule is NC[C@H]1CCCN1.O=C([O-])C1(C(=O)[O-])CCC1.[Pt+4]. The van der Waals surface area contributed by atoms with Gasteiger partial charge < -0.3 is 30.9 Å². The van der Waals surface area contributed by atoms with Gasteiger partial charge in [0.15, 0.2) is 0 Å². The van der Waals surface area contributed by atoms with Crippen LogP contribution in [0.15, 0.2) is 0 Å². The van der Waals surface area contributed by atoms with Crippen LogP contribution >= 0.6 is 0 Å². The molecular weight excluding hydrogens is 419 g/mol. The molecule has 1 saturated carbocycles. The molecule has 2 fully saturated rings. The average molecular weight is 437 g/mol. The van der Waals surface area contributed by atoms with Crippen LogP contribution in [-0.4, -0.2) is 31.1 Å². The number of carboxylic acid groups (broad SMARTS) is 2. The molecule has 2 rings (SSSR count). The topological polar surface area (TPSA) is 118 Å². The van der Waals surface area contributed by atoms with Gasteiger partial charge >= 0.3 is 21.1 Å². The van der Waals surface area contributed by atoms with Crippen molar-refractivity contribution in [3.05, 3.63) is 0 Å². The summed E-state index contributed by atoms with van der Waals surface area (Å²) in [5.41, 5.74) is 3.70. The van der Waals surface area contributed by atoms with Crippen LogP contribution in [0.4, 0.5) is 0 Å². The van der Waals surface area contributed by atoms with E-state index in [1.807, 2.05) is 0 Å². The first-order valence-electron chi connectivity index (χ1n) is 5.89. The molecule has 0 amide bonds. The molecule has 1 saturated heterocycles. The fraction of sp³-hybridized carbons (Fsp3) is 0.818. The van der Waals surface area contributed by atoms with Crippen molar-refractivity contribution >= 4 is 11.9 Å². The van der Waals surface area contributed by atoms with Crippen LogP contribution in [0.3, 0.4) is 0 Å². The molecule has 0 unspecified atom stereocenters. The van der Waals surface area contributed by atoms with Gasteiger partial charge in [-0.2, -0.15) is 0 Å². The third-order valence-corrected chi connectivity index (χ3v) is 3.44. The molecule has 0 spiro atoms. The largest absolute Gasteiger partial charge is 4.00 e. The van der Waals surface area contributed by atoms with E-state index < -0.39 is 17.4 Å². The molecule has 0 radical (unpaired) electrons. The van der Waals surface area contributed by atoms with Gasteiger partial charge in [0.2, 0.25) is 0 Å². The molecule has 0 aromatic carbocycles. The molecule has 7 heteroatoms. The van der Waals surface area contributed by atoms with Gasteiger partial charge in [-0.1, -0.05) is 6.42 Å². The summed E-state index contributed by atoms with van der Waals surface area (Å²) in [5, 5.41) is 23.7. The Hall–Kier alpha value is -0.452. The number of nitrogens with one attached hydrogen (secondary N) is 1. The Labute approximate surface area is 121 Å². The Kier molecular flexibility index (Phi) is 7.67. The quantitative estimate of drug-likeness (QED) is 0.466. The van der Waals surface area contributed by atoms with Crippen LogP contribution < -0.4 is 21.3 Å². The first-order chi connectivity index (χ1) is 8.03. The number of aliphatic carboxylic acids is 2. The number of carbonyl (C=O) groups excluding carboxylic acids is 2. The minimum Gasteiger partial charge on any atom is -0.549 e. The van der Waals surface area contributed by atoms with E-state index in [9.17, 15) is 19.8 Å². The minimum absolute atomic E-state index is 0. The zero-order chi connectivity index (χ0) is 12.9. The second kappa shape index (κ2) is 7.87. The monoisotopic (exact) mass is 437 g/mol. The summed E-state index contributed by atoms with van der Waals surface area (Å²) in [6, 6.07) is 0.625. The number of carbonyl (C=O) groups is 2. The summed E-state index contributed by atoms with van der Waals surface area (Å²) in [6.07, 6.45) is 3.51. The molecule has 2 aliphatic rings. The van der Waals surface area contributed by atoms with Crippen LogP contribution in [0, 0.1) is 5.41 Å². The van der Waals surface area contributed by atoms with E-state index in [0.29, 0.717) is 12.5 Å². The zero-order valence-electron chi connectivity index (χ0n) is 10.1. The van der Waals surface area contributed by atoms with E-state index in [4.69, 9.17) is 5.73 Å². The number of hydrogen-bond acceptors (Lipinski definition) is 6. The van der Waals surface area contributed by atoms with Gasteiger partial charge in [0.1, 0.15) is 0 Å². The molecular formula is C11H18N2O4Pt+2. The van der Waals surface area contributed by atoms with Crippen molar-refractivity contribution in [1.82, 2.24) is 5.32 Å². The van der Waals surface area contributed by atoms with E-state index in [1.165, 1.54) is 19.4 Å². The van der Waals surface area contributed by atoms with Gasteiger partial charge in [-0.25, -0.2) is 0 Å². The van der Waals surface area contributed by atoms with Gasteiger partial charge in [-0.05, 0) is 32.2 Å². The van der Waals surface area contributed by atoms with Crippen LogP contribution in [0.5, 0.6) is 0 Å². The summed E-state index contributed by atoms with van der Waals surface area (Å²) in [7, 11) is 0. The summed E-state index contributed by atoms with van der Waals surface area (Å²) in [5.74, 6) is -3.03. The van der Waals surface area contributed by atoms with Crippen LogP contribution in [0.2, 0.25) is 0 Å². The fourth-order valence-corrected chi connectivity index (χ4v) is 1.98. The first kappa shape index (κ1) is 17.5. The molecule has 18 heavy (non-hydrogen) atoms. The standard InChI is InChI=1S/C6H8O4.C5H12N2.Pt/c7-4(8)6(5(9)10)2-1-3-6;6-4-5-2-1-3-7-5;/h1-3H2,(H,7,8)(H,9,10);5,7H,1-4,6H2;/q;;+4/p-2/t;5-;/m.1./s1. The van der Waals surface area contributed by atoms with Crippen molar-refractivity contribution in [3.63, 3.8) is 0 Å². The second-order valence-electron chi connectivity index (χ2n) is 4.54. The van der Waals surface area contributed by atoms with E-state index in [0.717, 1.165) is 6.54 Å². The normalized spacial score (nSPS) is 23.9. The van der Waals surface area contributed by atoms with Crippen LogP contribution in [0.1, 0.15) is 32.1 Å². The maximum absolute atomic E-state index is 10.2. The second-order valence-corrected chi connectivity index (χ2v) is 4.54. The predicted octanol–water partition coefficient (Wildman–Crippen LogP) is -2.65. The van der Waals surface area contributed by atoms with Crippen LogP contribution in [-0.2, 0) is 30.7 Å². The van der Waals surface area contributed by atoms with E-state index in [-0.39, 0.29) is 33.9 Å². The van der Waals surface area contributed by atoms with Gasteiger partial charge in [0, 0.05) is 18.0 Å². The first-order valence-corrected chi connectivity index (χ1v) is 5.89. The maximum atomic E-state index is 10.2. The molecule has 1 heterocycles. The summed E-state index contributed by atoms with van der Waals surface area (Å²) in [4.78, 5) is 20.4. The summed E-state index contributed by atoms with van der Waals surface area (Å²) >= 11 is 0. The predicted molar refractivity (Wildman–Crippen MR) is 56.4 cm³/mol. The third kappa shape index (κ3) is 4.04. The Balaban J connectivity index is 0.000000321. The van der Waals surface area contributed by atoms with Gasteiger partial charge in [-0.15, -0.1) is 0 Å². The van der Waals surface area contributed by atoms with Crippen molar-refractivity contribution in [3.8, 4) is 0 Å². The van der Waals surface area contributed by atoms with E-state index >= 15 is 0 Å². The number of nitrogens with two attached hydrogens (primary N) is 1. The Bertz CT molecular complexity index is 273. The van der Waals surface area contributed by atoms with E-state index in [2.05, 4.69) is 5.32 Å². The smallest absolute Gasteiger partial charge is 0.549 e. The summed E-state index contributed by atoms with van der Waals surface area (Å²) < 4.78 is 0. The molecule has 6 nitrogen and oxygen atoms in total. The summed E-state index contributed by atoms with van der Waals surface area (Å²) in [6.45, 7) is 1.97. The van der Waals surface area contributed by atoms with Crippen molar-refractivity contribution in [2.24, 2.45) is 11.1 Å². The molecule has 0 aromatic heterocycles. The number of hydrogen-bond donors (Lipinski definition) is 2. The van der Waals surface area contributed by atoms with Crippen molar-refractivity contribution in [2.75, 3.05) is 13.1 Å². The molecule has 3 N–H and O–H groups in total. The Morgan fingerprint density at radius 2 is 1.78 bits per heavy atom. The molecule has 1 atom stereocenters. The molecule has 1 aliphatic carbocycles. The number of carboxylic acids is 2. The maximum Gasteiger partial charge on any atom is 4.00 e. The number of rotatable bonds is 3. The molecule has 0 aromatic rings. The average Bonchev–Trinajstić information content (AvgIpc) is 2.67. The molecule has 1 aliphatic heterocycles. The van der Waals surface area contributed by atoms with Crippen molar-refractivity contribution in [2.45, 2.75) is 38.1 Å². The van der Waals surface area contributed by atoms with E-state index in [1.54, 1.807) is 0 Å². The molecule has 0 bridgehead atoms. The Morgan fingerprint density at radius 3 is 1.89 bits per heavy atom. The Morgan fingerprint density at radius 1 is 1.22 bits per heavy atom. The minimum atomic E-state index is -1.67. The van der Waals surface area contributed by atoms with Crippen molar-refractivity contribution in [1.29, 1.82) is 0 Å². The third-order valence-electron chi connectivity index (χ3n) is 3.44. The van der Waals surface area contributed by atoms with Crippen molar-refractivity contribution < 1.29 is 40.9 Å².